The Bertz CT molecular complexity index is 145. The van der Waals surface area contributed by atoms with Gasteiger partial charge in [-0.1, -0.05) is 0 Å². The van der Waals surface area contributed by atoms with Crippen LogP contribution in [0, 0.1) is 0 Å². The smallest absolute Gasteiger partial charge is 0.118 e. The third-order valence-corrected chi connectivity index (χ3v) is 0.663. The summed E-state index contributed by atoms with van der Waals surface area (Å²) in [4.78, 5) is 3.69. The normalized spacial score (nSPS) is 6.67. The summed E-state index contributed by atoms with van der Waals surface area (Å²) in [5, 5.41) is 8.59. The Kier molecular flexibility index (Phi) is 9.89. The molecule has 38 valence electrons. The second-order valence-electron chi connectivity index (χ2n) is 1.21. The zero-order chi connectivity index (χ0) is 5.11. The van der Waals surface area contributed by atoms with Crippen molar-refractivity contribution in [3.63, 3.8) is 0 Å². The fourth-order valence-corrected chi connectivity index (χ4v) is 0.344. The first-order valence-corrected chi connectivity index (χ1v) is 1.98. The van der Waals surface area contributed by atoms with Gasteiger partial charge in [0.15, 0.2) is 0 Å². The maximum absolute atomic E-state index is 8.59. The van der Waals surface area contributed by atoms with Crippen LogP contribution in [0.1, 0.15) is 0 Å². The fraction of sp³-hybridized carbons (Fsp3) is 0. The molecule has 0 saturated heterocycles. The van der Waals surface area contributed by atoms with Crippen molar-refractivity contribution in [3.8, 4) is 5.75 Å². The molecule has 0 spiro atoms. The van der Waals surface area contributed by atoms with Crippen LogP contribution in [0.3, 0.4) is 0 Å². The summed E-state index contributed by atoms with van der Waals surface area (Å²) >= 11 is 0. The zero-order valence-electron chi connectivity index (χ0n) is 5.70. The Morgan fingerprint density at radius 1 is 1.11 bits per heavy atom. The van der Waals surface area contributed by atoms with Gasteiger partial charge in [-0.25, -0.2) is 0 Å². The predicted molar refractivity (Wildman–Crippen MR) is 37.4 cm³/mol. The molecule has 0 aromatic carbocycles. The van der Waals surface area contributed by atoms with Crippen LogP contribution < -0.4 is 0 Å². The molecule has 0 unspecified atom stereocenters. The molecule has 0 fully saturated rings. The molecule has 4 heteroatoms. The second kappa shape index (κ2) is 7.06. The molecule has 0 saturated carbocycles. The SMILES string of the molecule is Oc1ccncc1.[Na].[Na]. The third-order valence-electron chi connectivity index (χ3n) is 0.663. The van der Waals surface area contributed by atoms with E-state index in [1.54, 1.807) is 0 Å². The van der Waals surface area contributed by atoms with Crippen LogP contribution in [0.4, 0.5) is 0 Å². The molecule has 0 atom stereocenters. The molecule has 2 nitrogen and oxygen atoms in total. The van der Waals surface area contributed by atoms with E-state index >= 15 is 0 Å². The summed E-state index contributed by atoms with van der Waals surface area (Å²) in [5.74, 6) is 0.259. The molecule has 1 rings (SSSR count). The van der Waals surface area contributed by atoms with E-state index in [4.69, 9.17) is 5.11 Å². The van der Waals surface area contributed by atoms with Crippen molar-refractivity contribution in [3.05, 3.63) is 24.5 Å². The van der Waals surface area contributed by atoms with Gasteiger partial charge in [-0.2, -0.15) is 0 Å². The Balaban J connectivity index is 0. The van der Waals surface area contributed by atoms with Crippen molar-refractivity contribution >= 4 is 59.1 Å². The van der Waals surface area contributed by atoms with Gasteiger partial charge in [-0.3, -0.25) is 4.98 Å². The van der Waals surface area contributed by atoms with E-state index in [1.807, 2.05) is 0 Å². The van der Waals surface area contributed by atoms with Crippen LogP contribution in [-0.4, -0.2) is 69.2 Å². The van der Waals surface area contributed by atoms with Crippen molar-refractivity contribution < 1.29 is 5.11 Å². The number of aromatic nitrogens is 1. The summed E-state index contributed by atoms with van der Waals surface area (Å²) in [5.41, 5.74) is 0. The predicted octanol–water partition coefficient (Wildman–Crippen LogP) is 0.0256. The van der Waals surface area contributed by atoms with Gasteiger partial charge in [-0.05, 0) is 12.1 Å². The maximum atomic E-state index is 8.59. The van der Waals surface area contributed by atoms with Crippen molar-refractivity contribution in [2.75, 3.05) is 0 Å². The minimum atomic E-state index is 0. The summed E-state index contributed by atoms with van der Waals surface area (Å²) in [6.07, 6.45) is 3.07. The maximum Gasteiger partial charge on any atom is 0.118 e. The van der Waals surface area contributed by atoms with E-state index in [2.05, 4.69) is 4.98 Å². The van der Waals surface area contributed by atoms with Gasteiger partial charge in [-0.15, -0.1) is 0 Å². The number of pyridine rings is 1. The molecule has 1 N–H and O–H groups in total. The first kappa shape index (κ1) is 12.6. The largest absolute Gasteiger partial charge is 0.508 e. The van der Waals surface area contributed by atoms with Crippen LogP contribution in [0.25, 0.3) is 0 Å². The van der Waals surface area contributed by atoms with Crippen LogP contribution in [0.5, 0.6) is 5.75 Å². The molecule has 1 aromatic heterocycles. The average molecular weight is 141 g/mol. The van der Waals surface area contributed by atoms with E-state index in [-0.39, 0.29) is 64.9 Å². The quantitative estimate of drug-likeness (QED) is 0.517. The van der Waals surface area contributed by atoms with E-state index < -0.39 is 0 Å². The van der Waals surface area contributed by atoms with Crippen LogP contribution in [0.2, 0.25) is 0 Å². The molecule has 0 aliphatic rings. The van der Waals surface area contributed by atoms with E-state index in [9.17, 15) is 0 Å². The molecule has 0 bridgehead atoms. The molecule has 0 aliphatic carbocycles. The first-order valence-electron chi connectivity index (χ1n) is 1.98. The summed E-state index contributed by atoms with van der Waals surface area (Å²) < 4.78 is 0. The molecule has 2 radical (unpaired) electrons. The number of hydrogen-bond donors (Lipinski definition) is 1. The Labute approximate surface area is 98.3 Å². The zero-order valence-corrected chi connectivity index (χ0v) is 9.70. The summed E-state index contributed by atoms with van der Waals surface area (Å²) in [6, 6.07) is 3.06. The molecule has 0 amide bonds. The monoisotopic (exact) mass is 141 g/mol. The average Bonchev–Trinajstić information content (AvgIpc) is 1.69. The van der Waals surface area contributed by atoms with Crippen molar-refractivity contribution in [1.29, 1.82) is 0 Å². The topological polar surface area (TPSA) is 33.1 Å². The van der Waals surface area contributed by atoms with Crippen molar-refractivity contribution in [1.82, 2.24) is 4.98 Å². The number of rotatable bonds is 0. The van der Waals surface area contributed by atoms with Gasteiger partial charge in [0, 0.05) is 71.5 Å². The Hall–Kier alpha value is 0.950. The molecule has 1 aromatic rings. The molecule has 1 heterocycles. The van der Waals surface area contributed by atoms with Gasteiger partial charge < -0.3 is 5.11 Å². The standard InChI is InChI=1S/C5H5NO.2Na/c7-5-1-3-6-4-2-5;;/h1-4H,(H,6,7);;. The summed E-state index contributed by atoms with van der Waals surface area (Å²) in [7, 11) is 0. The van der Waals surface area contributed by atoms with Gasteiger partial charge in [0.25, 0.3) is 0 Å². The number of nitrogens with zero attached hydrogens (tertiary/aromatic N) is 1. The van der Waals surface area contributed by atoms with Crippen LogP contribution in [0.15, 0.2) is 24.5 Å². The van der Waals surface area contributed by atoms with Gasteiger partial charge in [0.05, 0.1) is 0 Å². The third kappa shape index (κ3) is 5.40. The number of hydrogen-bond acceptors (Lipinski definition) is 2. The molecule has 9 heavy (non-hydrogen) atoms. The summed E-state index contributed by atoms with van der Waals surface area (Å²) in [6.45, 7) is 0. The second-order valence-corrected chi connectivity index (χ2v) is 1.21. The van der Waals surface area contributed by atoms with Gasteiger partial charge in [0.2, 0.25) is 0 Å². The van der Waals surface area contributed by atoms with Crippen molar-refractivity contribution in [2.45, 2.75) is 0 Å². The molecular weight excluding hydrogens is 136 g/mol. The Morgan fingerprint density at radius 2 is 1.56 bits per heavy atom. The molecular formula is C5H5NNa2O. The first-order chi connectivity index (χ1) is 3.39. The minimum absolute atomic E-state index is 0. The number of aromatic hydroxyl groups is 1. The molecule has 0 aliphatic heterocycles. The van der Waals surface area contributed by atoms with E-state index in [1.165, 1.54) is 24.5 Å². The Morgan fingerprint density at radius 3 is 1.78 bits per heavy atom. The van der Waals surface area contributed by atoms with Gasteiger partial charge in [0.1, 0.15) is 5.75 Å². The fourth-order valence-electron chi connectivity index (χ4n) is 0.344. The van der Waals surface area contributed by atoms with Crippen molar-refractivity contribution in [2.24, 2.45) is 0 Å². The van der Waals surface area contributed by atoms with E-state index in [0.29, 0.717) is 0 Å². The van der Waals surface area contributed by atoms with Crippen LogP contribution >= 0.6 is 0 Å². The van der Waals surface area contributed by atoms with Gasteiger partial charge >= 0.3 is 0 Å². The minimum Gasteiger partial charge on any atom is -0.508 e. The van der Waals surface area contributed by atoms with E-state index in [0.717, 1.165) is 0 Å². The van der Waals surface area contributed by atoms with Crippen LogP contribution in [-0.2, 0) is 0 Å².